The highest BCUT2D eigenvalue weighted by atomic mass is 16.5. The van der Waals surface area contributed by atoms with Crippen molar-refractivity contribution >= 4 is 23.1 Å². The van der Waals surface area contributed by atoms with Crippen LogP contribution in [-0.4, -0.2) is 34.4 Å². The summed E-state index contributed by atoms with van der Waals surface area (Å²) in [6, 6.07) is 13.0. The minimum Gasteiger partial charge on any atom is -0.491 e. The van der Waals surface area contributed by atoms with E-state index >= 15 is 0 Å². The average molecular weight is 350 g/mol. The molecule has 3 aromatic rings. The fourth-order valence-corrected chi connectivity index (χ4v) is 2.95. The Morgan fingerprint density at radius 1 is 1.19 bits per heavy atom. The van der Waals surface area contributed by atoms with E-state index in [2.05, 4.69) is 10.3 Å². The van der Waals surface area contributed by atoms with E-state index in [-0.39, 0.29) is 24.8 Å². The molecule has 1 aliphatic heterocycles. The van der Waals surface area contributed by atoms with Crippen LogP contribution in [0, 0.1) is 0 Å². The highest BCUT2D eigenvalue weighted by Crippen LogP contribution is 2.30. The molecule has 2 aromatic heterocycles. The lowest BCUT2D eigenvalue weighted by Crippen LogP contribution is -2.40. The molecule has 2 amide bonds. The molecular weight excluding hydrogens is 332 g/mol. The van der Waals surface area contributed by atoms with E-state index in [4.69, 9.17) is 4.74 Å². The molecule has 1 aliphatic rings. The molecule has 7 heteroatoms. The lowest BCUT2D eigenvalue weighted by molar-refractivity contribution is -0.124. The lowest BCUT2D eigenvalue weighted by Gasteiger charge is -2.21. The number of anilines is 1. The second kappa shape index (κ2) is 6.87. The highest BCUT2D eigenvalue weighted by Gasteiger charge is 2.24. The molecular formula is C19H18N4O3. The Kier molecular flexibility index (Phi) is 4.27. The number of imidazole rings is 1. The molecule has 3 heterocycles. The Labute approximate surface area is 150 Å². The minimum atomic E-state index is -0.243. The number of amides is 2. The van der Waals surface area contributed by atoms with Crippen molar-refractivity contribution in [1.82, 2.24) is 14.7 Å². The average Bonchev–Trinajstić information content (AvgIpc) is 3.01. The SMILES string of the molecule is O=C(CN1C(=O)CCOc2ccccc21)NCc1cn2ccccc2n1. The molecule has 0 atom stereocenters. The van der Waals surface area contributed by atoms with Crippen molar-refractivity contribution in [3.05, 3.63) is 60.6 Å². The first kappa shape index (κ1) is 16.1. The second-order valence-electron chi connectivity index (χ2n) is 6.02. The second-order valence-corrected chi connectivity index (χ2v) is 6.02. The molecule has 0 unspecified atom stereocenters. The van der Waals surface area contributed by atoms with Gasteiger partial charge in [0, 0.05) is 12.4 Å². The molecule has 0 fully saturated rings. The Morgan fingerprint density at radius 3 is 2.92 bits per heavy atom. The first-order valence-corrected chi connectivity index (χ1v) is 8.42. The van der Waals surface area contributed by atoms with Crippen molar-refractivity contribution in [2.75, 3.05) is 18.1 Å². The van der Waals surface area contributed by atoms with Gasteiger partial charge in [0.1, 0.15) is 17.9 Å². The number of fused-ring (bicyclic) bond motifs is 2. The number of nitrogens with zero attached hydrogens (tertiary/aromatic N) is 3. The largest absolute Gasteiger partial charge is 0.491 e. The molecule has 0 spiro atoms. The predicted octanol–water partition coefficient (Wildman–Crippen LogP) is 1.77. The number of hydrogen-bond donors (Lipinski definition) is 1. The van der Waals surface area contributed by atoms with Gasteiger partial charge in [0.25, 0.3) is 0 Å². The predicted molar refractivity (Wildman–Crippen MR) is 95.9 cm³/mol. The number of nitrogens with one attached hydrogen (secondary N) is 1. The zero-order valence-corrected chi connectivity index (χ0v) is 14.1. The van der Waals surface area contributed by atoms with E-state index in [9.17, 15) is 9.59 Å². The van der Waals surface area contributed by atoms with Gasteiger partial charge in [-0.2, -0.15) is 0 Å². The number of carbonyl (C=O) groups is 2. The summed E-state index contributed by atoms with van der Waals surface area (Å²) in [6.07, 6.45) is 4.02. The molecule has 26 heavy (non-hydrogen) atoms. The van der Waals surface area contributed by atoms with Crippen molar-refractivity contribution in [2.24, 2.45) is 0 Å². The number of pyridine rings is 1. The zero-order chi connectivity index (χ0) is 17.9. The number of ether oxygens (including phenoxy) is 1. The van der Waals surface area contributed by atoms with Crippen molar-refractivity contribution in [3.8, 4) is 5.75 Å². The number of rotatable bonds is 4. The Morgan fingerprint density at radius 2 is 2.04 bits per heavy atom. The van der Waals surface area contributed by atoms with Gasteiger partial charge in [0.15, 0.2) is 0 Å². The van der Waals surface area contributed by atoms with Gasteiger partial charge in [-0.1, -0.05) is 18.2 Å². The molecule has 0 radical (unpaired) electrons. The smallest absolute Gasteiger partial charge is 0.240 e. The number of para-hydroxylation sites is 2. The van der Waals surface area contributed by atoms with Gasteiger partial charge in [-0.05, 0) is 24.3 Å². The Balaban J connectivity index is 1.44. The van der Waals surface area contributed by atoms with Crippen LogP contribution in [0.25, 0.3) is 5.65 Å². The first-order valence-electron chi connectivity index (χ1n) is 8.42. The summed E-state index contributed by atoms with van der Waals surface area (Å²) in [5, 5.41) is 2.83. The van der Waals surface area contributed by atoms with Crippen LogP contribution in [0.5, 0.6) is 5.75 Å². The van der Waals surface area contributed by atoms with Crippen molar-refractivity contribution in [3.63, 3.8) is 0 Å². The van der Waals surface area contributed by atoms with Crippen LogP contribution in [0.1, 0.15) is 12.1 Å². The quantitative estimate of drug-likeness (QED) is 0.778. The Hall–Kier alpha value is -3.35. The lowest BCUT2D eigenvalue weighted by atomic mass is 10.2. The summed E-state index contributed by atoms with van der Waals surface area (Å²) in [5.41, 5.74) is 2.21. The van der Waals surface area contributed by atoms with Crippen LogP contribution in [-0.2, 0) is 16.1 Å². The van der Waals surface area contributed by atoms with Crippen LogP contribution in [0.15, 0.2) is 54.9 Å². The molecule has 0 bridgehead atoms. The van der Waals surface area contributed by atoms with Crippen LogP contribution >= 0.6 is 0 Å². The molecule has 0 saturated heterocycles. The van der Waals surface area contributed by atoms with E-state index in [1.54, 1.807) is 12.1 Å². The molecule has 4 rings (SSSR count). The van der Waals surface area contributed by atoms with E-state index in [1.807, 2.05) is 47.1 Å². The van der Waals surface area contributed by atoms with Gasteiger partial charge in [-0.25, -0.2) is 4.98 Å². The van der Waals surface area contributed by atoms with Crippen LogP contribution < -0.4 is 15.0 Å². The maximum Gasteiger partial charge on any atom is 0.240 e. The monoisotopic (exact) mass is 350 g/mol. The molecule has 7 nitrogen and oxygen atoms in total. The maximum atomic E-state index is 12.4. The fourth-order valence-electron chi connectivity index (χ4n) is 2.95. The van der Waals surface area contributed by atoms with Gasteiger partial charge in [-0.3, -0.25) is 14.5 Å². The number of benzene rings is 1. The summed E-state index contributed by atoms with van der Waals surface area (Å²) in [7, 11) is 0. The van der Waals surface area contributed by atoms with Crippen molar-refractivity contribution in [2.45, 2.75) is 13.0 Å². The molecule has 1 N–H and O–H groups in total. The van der Waals surface area contributed by atoms with Crippen LogP contribution in [0.3, 0.4) is 0 Å². The van der Waals surface area contributed by atoms with Crippen LogP contribution in [0.4, 0.5) is 5.69 Å². The van der Waals surface area contributed by atoms with Crippen molar-refractivity contribution in [1.29, 1.82) is 0 Å². The van der Waals surface area contributed by atoms with Gasteiger partial charge >= 0.3 is 0 Å². The molecule has 0 aliphatic carbocycles. The third-order valence-electron chi connectivity index (χ3n) is 4.21. The standard InChI is InChI=1S/C19H18N4O3/c24-18(20-11-14-12-22-9-4-3-7-17(22)21-14)13-23-15-5-1-2-6-16(15)26-10-8-19(23)25/h1-7,9,12H,8,10-11,13H2,(H,20,24). The Bertz CT molecular complexity index is 933. The topological polar surface area (TPSA) is 75.9 Å². The van der Waals surface area contributed by atoms with Crippen LogP contribution in [0.2, 0.25) is 0 Å². The number of aromatic nitrogens is 2. The normalized spacial score (nSPS) is 13.8. The fraction of sp³-hybridized carbons (Fsp3) is 0.211. The summed E-state index contributed by atoms with van der Waals surface area (Å²) < 4.78 is 7.48. The van der Waals surface area contributed by atoms with Crippen molar-refractivity contribution < 1.29 is 14.3 Å². The zero-order valence-electron chi connectivity index (χ0n) is 14.1. The molecule has 0 saturated carbocycles. The van der Waals surface area contributed by atoms with Gasteiger partial charge in [0.05, 0.1) is 31.0 Å². The van der Waals surface area contributed by atoms with E-state index < -0.39 is 0 Å². The first-order chi connectivity index (χ1) is 12.7. The van der Waals surface area contributed by atoms with E-state index in [0.717, 1.165) is 11.3 Å². The number of hydrogen-bond acceptors (Lipinski definition) is 4. The summed E-state index contributed by atoms with van der Waals surface area (Å²) in [5.74, 6) is 0.247. The van der Waals surface area contributed by atoms with Gasteiger partial charge in [-0.15, -0.1) is 0 Å². The summed E-state index contributed by atoms with van der Waals surface area (Å²) >= 11 is 0. The highest BCUT2D eigenvalue weighted by molar-refractivity contribution is 6.00. The van der Waals surface area contributed by atoms with Gasteiger partial charge < -0.3 is 14.5 Å². The van der Waals surface area contributed by atoms with E-state index in [0.29, 0.717) is 24.6 Å². The summed E-state index contributed by atoms with van der Waals surface area (Å²) in [4.78, 5) is 30.7. The third-order valence-corrected chi connectivity index (χ3v) is 4.21. The minimum absolute atomic E-state index is 0.0490. The van der Waals surface area contributed by atoms with Gasteiger partial charge in [0.2, 0.25) is 11.8 Å². The van der Waals surface area contributed by atoms with E-state index in [1.165, 1.54) is 4.90 Å². The summed E-state index contributed by atoms with van der Waals surface area (Å²) in [6.45, 7) is 0.572. The number of carbonyl (C=O) groups excluding carboxylic acids is 2. The molecule has 1 aromatic carbocycles. The maximum absolute atomic E-state index is 12.4. The third kappa shape index (κ3) is 3.23. The molecule has 132 valence electrons.